The summed E-state index contributed by atoms with van der Waals surface area (Å²) in [6, 6.07) is 16.0. The maximum atomic E-state index is 11.8. The van der Waals surface area contributed by atoms with Gasteiger partial charge < -0.3 is 30.1 Å². The number of pyridine rings is 2. The lowest BCUT2D eigenvalue weighted by atomic mass is 10.2. The molecule has 292 valence electrons. The molecule has 0 saturated heterocycles. The first-order valence-electron chi connectivity index (χ1n) is 18.5. The molecule has 54 heavy (non-hydrogen) atoms. The van der Waals surface area contributed by atoms with E-state index >= 15 is 0 Å². The molecule has 0 spiro atoms. The first-order valence-corrected chi connectivity index (χ1v) is 21.4. The summed E-state index contributed by atoms with van der Waals surface area (Å²) in [5, 5.41) is 2.11. The topological polar surface area (TPSA) is 190 Å². The number of unbranched alkanes of at least 4 members (excludes halogenated alkanes) is 2. The SMILES string of the molecule is CCCS(=O)(=O)NCCCCn1c(CCOC)nc2c(N)nc3ccccc3c21.COCCc1nc2c(N)nc3ccccc3c2n1CCCCNSC. The number of methoxy groups -OCH3 is 2. The fraction of sp³-hybridized carbons (Fsp3) is 0.474. The van der Waals surface area contributed by atoms with Crippen LogP contribution in [0.15, 0.2) is 48.5 Å². The molecule has 16 heteroatoms. The zero-order chi connectivity index (χ0) is 38.5. The molecule has 0 bridgehead atoms. The number of aromatic nitrogens is 6. The van der Waals surface area contributed by atoms with Gasteiger partial charge in [-0.25, -0.2) is 33.1 Å². The van der Waals surface area contributed by atoms with E-state index in [1.807, 2.05) is 55.6 Å². The van der Waals surface area contributed by atoms with Gasteiger partial charge in [-0.15, -0.1) is 0 Å². The first kappa shape index (κ1) is 41.1. The summed E-state index contributed by atoms with van der Waals surface area (Å²) in [5.41, 5.74) is 17.7. The van der Waals surface area contributed by atoms with Gasteiger partial charge in [0.25, 0.3) is 0 Å². The van der Waals surface area contributed by atoms with Crippen molar-refractivity contribution in [1.82, 2.24) is 38.5 Å². The lowest BCUT2D eigenvalue weighted by molar-refractivity contribution is 0.199. The maximum absolute atomic E-state index is 11.8. The Hall–Kier alpha value is -4.06. The number of para-hydroxylation sites is 2. The van der Waals surface area contributed by atoms with Crippen molar-refractivity contribution in [3.05, 3.63) is 60.2 Å². The molecule has 0 aliphatic heterocycles. The summed E-state index contributed by atoms with van der Waals surface area (Å²) in [6.45, 7) is 6.14. The van der Waals surface area contributed by atoms with Crippen LogP contribution in [0.5, 0.6) is 0 Å². The summed E-state index contributed by atoms with van der Waals surface area (Å²) in [4.78, 5) is 18.5. The Balaban J connectivity index is 0.000000210. The molecule has 4 aromatic heterocycles. The fourth-order valence-corrected chi connectivity index (χ4v) is 8.08. The molecule has 0 atom stereocenters. The Morgan fingerprint density at radius 3 is 1.67 bits per heavy atom. The van der Waals surface area contributed by atoms with Crippen molar-refractivity contribution < 1.29 is 17.9 Å². The molecule has 6 N–H and O–H groups in total. The monoisotopic (exact) mass is 778 g/mol. The summed E-state index contributed by atoms with van der Waals surface area (Å²) in [6.07, 6.45) is 7.85. The van der Waals surface area contributed by atoms with Gasteiger partial charge in [0.15, 0.2) is 11.6 Å². The Morgan fingerprint density at radius 2 is 1.20 bits per heavy atom. The van der Waals surface area contributed by atoms with Crippen molar-refractivity contribution >= 4 is 77.5 Å². The molecule has 0 aliphatic rings. The zero-order valence-electron chi connectivity index (χ0n) is 31.8. The molecule has 6 rings (SSSR count). The maximum Gasteiger partial charge on any atom is 0.211 e. The van der Waals surface area contributed by atoms with Gasteiger partial charge in [0.1, 0.15) is 22.7 Å². The van der Waals surface area contributed by atoms with Gasteiger partial charge in [-0.1, -0.05) is 55.3 Å². The molecule has 6 aromatic rings. The van der Waals surface area contributed by atoms with Gasteiger partial charge in [0.2, 0.25) is 10.0 Å². The standard InChI is InChI=1S/C20H29N5O3S.C18H25N5OS/c1-3-14-29(26,27)22-11-6-7-12-25-17(10-13-28-2)24-18-19(25)15-8-4-5-9-16(15)23-20(18)21;1-24-12-9-15-22-16-17(23(15)11-6-5-10-20-25-2)13-7-3-4-8-14(13)21-18(16)19/h4-5,8-9,22H,3,6-7,10-14H2,1-2H3,(H2,21,23);3-4,7-8,20H,5-6,9-12H2,1-2H3,(H2,19,21). The van der Waals surface area contributed by atoms with Crippen LogP contribution < -0.4 is 20.9 Å². The molecule has 0 fully saturated rings. The summed E-state index contributed by atoms with van der Waals surface area (Å²) in [7, 11) is 0.216. The average molecular weight is 779 g/mol. The largest absolute Gasteiger partial charge is 0.384 e. The number of sulfonamides is 1. The van der Waals surface area contributed by atoms with Crippen molar-refractivity contribution in [1.29, 1.82) is 0 Å². The third-order valence-corrected chi connectivity index (χ3v) is 11.2. The van der Waals surface area contributed by atoms with Crippen molar-refractivity contribution in [3.63, 3.8) is 0 Å². The van der Waals surface area contributed by atoms with E-state index in [0.717, 1.165) is 102 Å². The van der Waals surface area contributed by atoms with Gasteiger partial charge in [-0.2, -0.15) is 0 Å². The third-order valence-electron chi connectivity index (χ3n) is 9.10. The Bertz CT molecular complexity index is 2240. The highest BCUT2D eigenvalue weighted by atomic mass is 32.2. The van der Waals surface area contributed by atoms with Crippen LogP contribution in [0.4, 0.5) is 11.6 Å². The highest BCUT2D eigenvalue weighted by Gasteiger charge is 2.18. The number of nitrogens with two attached hydrogens (primary N) is 2. The van der Waals surface area contributed by atoms with Crippen LogP contribution in [0.1, 0.15) is 50.7 Å². The average Bonchev–Trinajstić information content (AvgIpc) is 3.72. The van der Waals surface area contributed by atoms with Crippen LogP contribution >= 0.6 is 11.9 Å². The number of nitrogens with zero attached hydrogens (tertiary/aromatic N) is 6. The third kappa shape index (κ3) is 10.2. The number of hydrogen-bond acceptors (Lipinski definition) is 12. The number of benzene rings is 2. The van der Waals surface area contributed by atoms with Gasteiger partial charge in [0.05, 0.1) is 41.0 Å². The van der Waals surface area contributed by atoms with Crippen LogP contribution in [0.3, 0.4) is 0 Å². The van der Waals surface area contributed by atoms with E-state index in [9.17, 15) is 8.42 Å². The van der Waals surface area contributed by atoms with Crippen molar-refractivity contribution in [2.75, 3.05) is 64.0 Å². The second-order valence-electron chi connectivity index (χ2n) is 13.0. The quantitative estimate of drug-likeness (QED) is 0.0566. The van der Waals surface area contributed by atoms with E-state index in [4.69, 9.17) is 30.9 Å². The predicted octanol–water partition coefficient (Wildman–Crippen LogP) is 5.47. The van der Waals surface area contributed by atoms with E-state index in [2.05, 4.69) is 34.6 Å². The minimum absolute atomic E-state index is 0.165. The Kier molecular flexibility index (Phi) is 15.2. The second kappa shape index (κ2) is 20.0. The molecule has 4 heterocycles. The molecule has 2 aromatic carbocycles. The van der Waals surface area contributed by atoms with E-state index < -0.39 is 10.0 Å². The number of nitrogens with one attached hydrogen (secondary N) is 2. The van der Waals surface area contributed by atoms with Crippen molar-refractivity contribution in [2.24, 2.45) is 0 Å². The van der Waals surface area contributed by atoms with Gasteiger partial charge in [-0.3, -0.25) is 4.72 Å². The van der Waals surface area contributed by atoms with E-state index in [0.29, 0.717) is 49.8 Å². The van der Waals surface area contributed by atoms with E-state index in [1.54, 1.807) is 26.2 Å². The van der Waals surface area contributed by atoms with E-state index in [-0.39, 0.29) is 5.75 Å². The molecule has 0 amide bonds. The number of rotatable bonds is 20. The van der Waals surface area contributed by atoms with Crippen LogP contribution in [0.2, 0.25) is 0 Å². The van der Waals surface area contributed by atoms with Gasteiger partial charge in [-0.05, 0) is 50.5 Å². The Morgan fingerprint density at radius 1 is 0.722 bits per heavy atom. The molecular formula is C38H54N10O4S2. The molecule has 0 saturated carbocycles. The first-order chi connectivity index (χ1) is 26.2. The predicted molar refractivity (Wildman–Crippen MR) is 222 cm³/mol. The number of anilines is 2. The Labute approximate surface area is 322 Å². The van der Waals surface area contributed by atoms with Crippen LogP contribution in [-0.2, 0) is 45.4 Å². The minimum atomic E-state index is -3.17. The molecule has 0 radical (unpaired) electrons. The van der Waals surface area contributed by atoms with Gasteiger partial charge in [0, 0.05) is 64.0 Å². The number of fused-ring (bicyclic) bond motifs is 6. The lowest BCUT2D eigenvalue weighted by Crippen LogP contribution is -2.27. The van der Waals surface area contributed by atoms with Crippen LogP contribution in [-0.4, -0.2) is 90.0 Å². The lowest BCUT2D eigenvalue weighted by Gasteiger charge is -2.11. The van der Waals surface area contributed by atoms with Crippen molar-refractivity contribution in [3.8, 4) is 0 Å². The minimum Gasteiger partial charge on any atom is -0.384 e. The molecule has 0 aliphatic carbocycles. The fourth-order valence-electron chi connectivity index (χ4n) is 6.59. The zero-order valence-corrected chi connectivity index (χ0v) is 33.4. The summed E-state index contributed by atoms with van der Waals surface area (Å²) < 4.78 is 44.5. The molecular weight excluding hydrogens is 725 g/mol. The van der Waals surface area contributed by atoms with E-state index in [1.165, 1.54) is 0 Å². The molecule has 14 nitrogen and oxygen atoms in total. The van der Waals surface area contributed by atoms with Gasteiger partial charge >= 0.3 is 0 Å². The number of aryl methyl sites for hydroxylation is 2. The number of ether oxygens (including phenoxy) is 2. The summed E-state index contributed by atoms with van der Waals surface area (Å²) in [5.74, 6) is 3.00. The highest BCUT2D eigenvalue weighted by Crippen LogP contribution is 2.30. The normalized spacial score (nSPS) is 11.9. The number of nitrogen functional groups attached to an aromatic ring is 2. The number of imidazole rings is 2. The number of hydrogen-bond donors (Lipinski definition) is 4. The second-order valence-corrected chi connectivity index (χ2v) is 15.6. The molecule has 0 unspecified atom stereocenters. The summed E-state index contributed by atoms with van der Waals surface area (Å²) >= 11 is 1.66. The van der Waals surface area contributed by atoms with Crippen molar-refractivity contribution in [2.45, 2.75) is 65.0 Å². The smallest absolute Gasteiger partial charge is 0.211 e. The highest BCUT2D eigenvalue weighted by molar-refractivity contribution is 7.96. The van der Waals surface area contributed by atoms with Crippen LogP contribution in [0, 0.1) is 0 Å². The van der Waals surface area contributed by atoms with Crippen LogP contribution in [0.25, 0.3) is 43.9 Å².